The molecule has 0 aliphatic rings. The lowest BCUT2D eigenvalue weighted by atomic mass is 10.2. The molecule has 0 aliphatic heterocycles. The molecular weight excluding hydrogens is 270 g/mol. The number of fused-ring (bicyclic) bond motifs is 1. The summed E-state index contributed by atoms with van der Waals surface area (Å²) >= 11 is 1.65. The van der Waals surface area contributed by atoms with Crippen molar-refractivity contribution < 1.29 is 0 Å². The molecule has 6 heteroatoms. The summed E-state index contributed by atoms with van der Waals surface area (Å²) in [5.74, 6) is 1.17. The number of nitrogens with zero attached hydrogens (tertiary/aromatic N) is 3. The minimum Gasteiger partial charge on any atom is -0.368 e. The second kappa shape index (κ2) is 6.37. The highest BCUT2D eigenvalue weighted by Gasteiger charge is 2.13. The first-order chi connectivity index (χ1) is 9.53. The van der Waals surface area contributed by atoms with Crippen molar-refractivity contribution in [1.29, 1.82) is 0 Å². The van der Waals surface area contributed by atoms with E-state index in [0.717, 1.165) is 35.7 Å². The highest BCUT2D eigenvalue weighted by atomic mass is 32.1. The van der Waals surface area contributed by atoms with Crippen LogP contribution in [0.25, 0.3) is 10.2 Å². The molecule has 0 saturated heterocycles. The van der Waals surface area contributed by atoms with E-state index in [0.29, 0.717) is 12.0 Å². The molecule has 3 N–H and O–H groups in total. The third-order valence-corrected chi connectivity index (χ3v) is 4.29. The van der Waals surface area contributed by atoms with Crippen molar-refractivity contribution in [3.8, 4) is 0 Å². The fraction of sp³-hybridized carbons (Fsp3) is 0.571. The van der Waals surface area contributed by atoms with Gasteiger partial charge in [-0.15, -0.1) is 11.3 Å². The van der Waals surface area contributed by atoms with Crippen LogP contribution in [0.3, 0.4) is 0 Å². The monoisotopic (exact) mass is 293 g/mol. The number of anilines is 2. The number of rotatable bonds is 6. The molecule has 0 fully saturated rings. The Morgan fingerprint density at radius 1 is 1.35 bits per heavy atom. The number of nitrogen functional groups attached to an aromatic ring is 1. The fourth-order valence-electron chi connectivity index (χ4n) is 2.32. The number of hydrogen-bond acceptors (Lipinski definition) is 6. The summed E-state index contributed by atoms with van der Waals surface area (Å²) in [7, 11) is 0. The van der Waals surface area contributed by atoms with E-state index in [4.69, 9.17) is 5.73 Å². The first-order valence-corrected chi connectivity index (χ1v) is 7.87. The number of thiophene rings is 1. The van der Waals surface area contributed by atoms with Crippen molar-refractivity contribution >= 4 is 33.3 Å². The molecule has 5 nitrogen and oxygen atoms in total. The average molecular weight is 293 g/mol. The largest absolute Gasteiger partial charge is 0.368 e. The van der Waals surface area contributed by atoms with Gasteiger partial charge in [-0.25, -0.2) is 4.98 Å². The van der Waals surface area contributed by atoms with Gasteiger partial charge < -0.3 is 16.0 Å². The number of nitrogens with two attached hydrogens (primary N) is 1. The zero-order valence-corrected chi connectivity index (χ0v) is 13.4. The van der Waals surface area contributed by atoms with Crippen molar-refractivity contribution in [2.75, 3.05) is 30.7 Å². The second-order valence-corrected chi connectivity index (χ2v) is 6.27. The molecule has 0 aliphatic carbocycles. The lowest BCUT2D eigenvalue weighted by Crippen LogP contribution is -2.35. The third-order valence-electron chi connectivity index (χ3n) is 3.34. The Kier molecular flexibility index (Phi) is 4.77. The number of nitrogens with one attached hydrogen (secondary N) is 1. The Morgan fingerprint density at radius 2 is 2.05 bits per heavy atom. The molecular formula is C14H23N5S. The van der Waals surface area contributed by atoms with Gasteiger partial charge in [-0.1, -0.05) is 13.8 Å². The van der Waals surface area contributed by atoms with Gasteiger partial charge in [0, 0.05) is 17.5 Å². The Balaban J connectivity index is 2.20. The minimum absolute atomic E-state index is 0.313. The van der Waals surface area contributed by atoms with Gasteiger partial charge >= 0.3 is 0 Å². The fourth-order valence-corrected chi connectivity index (χ4v) is 3.20. The van der Waals surface area contributed by atoms with Crippen LogP contribution in [0.15, 0.2) is 6.07 Å². The SMILES string of the molecule is CCN(CC)CC(C)Nc1nc(N)nc2sc(C)cc12. The molecule has 0 saturated carbocycles. The van der Waals surface area contributed by atoms with Crippen LogP contribution < -0.4 is 11.1 Å². The van der Waals surface area contributed by atoms with Gasteiger partial charge in [0.05, 0.1) is 5.39 Å². The summed E-state index contributed by atoms with van der Waals surface area (Å²) in [5.41, 5.74) is 5.80. The Morgan fingerprint density at radius 3 is 2.70 bits per heavy atom. The first kappa shape index (κ1) is 15.0. The molecule has 20 heavy (non-hydrogen) atoms. The van der Waals surface area contributed by atoms with Crippen LogP contribution >= 0.6 is 11.3 Å². The highest BCUT2D eigenvalue weighted by Crippen LogP contribution is 2.29. The Hall–Kier alpha value is -1.40. The van der Waals surface area contributed by atoms with E-state index in [9.17, 15) is 0 Å². The molecule has 2 aromatic rings. The van der Waals surface area contributed by atoms with E-state index in [1.807, 2.05) is 0 Å². The second-order valence-electron chi connectivity index (χ2n) is 5.04. The summed E-state index contributed by atoms with van der Waals surface area (Å²) in [6.07, 6.45) is 0. The molecule has 2 aromatic heterocycles. The molecule has 2 heterocycles. The lowest BCUT2D eigenvalue weighted by Gasteiger charge is -2.24. The smallest absolute Gasteiger partial charge is 0.223 e. The third kappa shape index (κ3) is 3.37. The summed E-state index contributed by atoms with van der Waals surface area (Å²) < 4.78 is 0. The van der Waals surface area contributed by atoms with Crippen LogP contribution in [0.2, 0.25) is 0 Å². The lowest BCUT2D eigenvalue weighted by molar-refractivity contribution is 0.294. The molecule has 0 radical (unpaired) electrons. The predicted molar refractivity (Wildman–Crippen MR) is 87.4 cm³/mol. The maximum atomic E-state index is 5.80. The van der Waals surface area contributed by atoms with E-state index in [2.05, 4.69) is 53.9 Å². The molecule has 0 amide bonds. The number of aryl methyl sites for hydroxylation is 1. The molecule has 0 aromatic carbocycles. The number of hydrogen-bond donors (Lipinski definition) is 2. The normalized spacial score (nSPS) is 13.1. The zero-order chi connectivity index (χ0) is 14.7. The molecule has 1 unspecified atom stereocenters. The van der Waals surface area contributed by atoms with Crippen molar-refractivity contribution in [1.82, 2.24) is 14.9 Å². The Bertz CT molecular complexity index is 576. The summed E-state index contributed by atoms with van der Waals surface area (Å²) in [6.45, 7) is 11.7. The van der Waals surface area contributed by atoms with Crippen LogP contribution in [0.1, 0.15) is 25.6 Å². The molecule has 0 bridgehead atoms. The van der Waals surface area contributed by atoms with E-state index in [1.54, 1.807) is 11.3 Å². The molecule has 110 valence electrons. The van der Waals surface area contributed by atoms with Gasteiger partial charge in [0.15, 0.2) is 0 Å². The van der Waals surface area contributed by atoms with Crippen molar-refractivity contribution in [2.45, 2.75) is 33.7 Å². The standard InChI is InChI=1S/C14H23N5S/c1-5-19(6-2)8-9(3)16-12-11-7-10(4)20-13(11)18-14(15)17-12/h7,9H,5-6,8H2,1-4H3,(H3,15,16,17,18). The average Bonchev–Trinajstić information content (AvgIpc) is 2.76. The van der Waals surface area contributed by atoms with Crippen molar-refractivity contribution in [2.24, 2.45) is 0 Å². The van der Waals surface area contributed by atoms with E-state index < -0.39 is 0 Å². The van der Waals surface area contributed by atoms with Gasteiger partial charge in [-0.3, -0.25) is 0 Å². The van der Waals surface area contributed by atoms with Gasteiger partial charge in [0.1, 0.15) is 10.6 Å². The van der Waals surface area contributed by atoms with Crippen LogP contribution in [0.5, 0.6) is 0 Å². The zero-order valence-electron chi connectivity index (χ0n) is 12.6. The van der Waals surface area contributed by atoms with Crippen LogP contribution in [-0.2, 0) is 0 Å². The van der Waals surface area contributed by atoms with Crippen molar-refractivity contribution in [3.63, 3.8) is 0 Å². The summed E-state index contributed by atoms with van der Waals surface area (Å²) in [4.78, 5) is 13.2. The summed E-state index contributed by atoms with van der Waals surface area (Å²) in [5, 5.41) is 4.54. The van der Waals surface area contributed by atoms with E-state index in [-0.39, 0.29) is 0 Å². The molecule has 0 spiro atoms. The van der Waals surface area contributed by atoms with E-state index in [1.165, 1.54) is 4.88 Å². The Labute approximate surface area is 124 Å². The van der Waals surface area contributed by atoms with Gasteiger partial charge in [0.2, 0.25) is 5.95 Å². The quantitative estimate of drug-likeness (QED) is 0.857. The van der Waals surface area contributed by atoms with Crippen LogP contribution in [0.4, 0.5) is 11.8 Å². The summed E-state index contributed by atoms with van der Waals surface area (Å²) in [6, 6.07) is 2.43. The minimum atomic E-state index is 0.313. The maximum Gasteiger partial charge on any atom is 0.223 e. The van der Waals surface area contributed by atoms with Crippen LogP contribution in [-0.4, -0.2) is 40.5 Å². The number of aromatic nitrogens is 2. The number of likely N-dealkylation sites (N-methyl/N-ethyl adjacent to an activating group) is 1. The van der Waals surface area contributed by atoms with Gasteiger partial charge in [0.25, 0.3) is 0 Å². The van der Waals surface area contributed by atoms with Gasteiger partial charge in [-0.05, 0) is 33.0 Å². The predicted octanol–water partition coefficient (Wildman–Crippen LogP) is 2.72. The molecule has 2 rings (SSSR count). The van der Waals surface area contributed by atoms with E-state index >= 15 is 0 Å². The van der Waals surface area contributed by atoms with Gasteiger partial charge in [-0.2, -0.15) is 4.98 Å². The topological polar surface area (TPSA) is 67.1 Å². The first-order valence-electron chi connectivity index (χ1n) is 7.06. The molecule has 1 atom stereocenters. The highest BCUT2D eigenvalue weighted by molar-refractivity contribution is 7.18. The van der Waals surface area contributed by atoms with Crippen molar-refractivity contribution in [3.05, 3.63) is 10.9 Å². The van der Waals surface area contributed by atoms with Crippen LogP contribution in [0, 0.1) is 6.92 Å². The maximum absolute atomic E-state index is 5.80.